The topological polar surface area (TPSA) is 158 Å². The molecule has 3 aliphatic rings. The quantitative estimate of drug-likeness (QED) is 0.382. The van der Waals surface area contributed by atoms with Crippen molar-refractivity contribution in [2.75, 3.05) is 6.61 Å². The summed E-state index contributed by atoms with van der Waals surface area (Å²) in [5.41, 5.74) is -1.50. The molecule has 1 aliphatic carbocycles. The van der Waals surface area contributed by atoms with Crippen LogP contribution in [0.1, 0.15) is 18.7 Å². The van der Waals surface area contributed by atoms with Crippen LogP contribution in [0.3, 0.4) is 0 Å². The van der Waals surface area contributed by atoms with E-state index in [2.05, 4.69) is 10.1 Å². The van der Waals surface area contributed by atoms with E-state index in [0.29, 0.717) is 0 Å². The van der Waals surface area contributed by atoms with Gasteiger partial charge in [0, 0.05) is 12.3 Å². The zero-order chi connectivity index (χ0) is 23.4. The Hall–Kier alpha value is -2.60. The predicted molar refractivity (Wildman–Crippen MR) is 111 cm³/mol. The molecule has 13 heteroatoms. The first-order valence-electron chi connectivity index (χ1n) is 10.3. The summed E-state index contributed by atoms with van der Waals surface area (Å²) < 4.78 is 36.1. The van der Waals surface area contributed by atoms with Crippen LogP contribution in [0.25, 0.3) is 0 Å². The molecule has 2 aromatic rings. The van der Waals surface area contributed by atoms with Crippen LogP contribution in [0.5, 0.6) is 0 Å². The SMILES string of the molecule is C[C@H](N[P@]1(=O)OC[C@]23C(O1)[C@H]2O[C@@H](n1ccc(=O)[nH]c1=O)[C@@H]3O)C(=O)OCc1ccccc1. The van der Waals surface area contributed by atoms with Crippen LogP contribution < -0.4 is 16.3 Å². The molecule has 176 valence electrons. The summed E-state index contributed by atoms with van der Waals surface area (Å²) in [6, 6.07) is 9.28. The van der Waals surface area contributed by atoms with Crippen molar-refractivity contribution in [3.63, 3.8) is 0 Å². The first-order valence-corrected chi connectivity index (χ1v) is 11.8. The second-order valence-corrected chi connectivity index (χ2v) is 9.99. The number of carbonyl (C=O) groups excluding carboxylic acids is 1. The van der Waals surface area contributed by atoms with Gasteiger partial charge in [0.05, 0.1) is 12.0 Å². The molecule has 3 heterocycles. The molecule has 7 atom stereocenters. The van der Waals surface area contributed by atoms with Crippen LogP contribution in [-0.4, -0.2) is 51.6 Å². The maximum absolute atomic E-state index is 13.0. The Labute approximate surface area is 187 Å². The maximum atomic E-state index is 13.0. The summed E-state index contributed by atoms with van der Waals surface area (Å²) in [5.74, 6) is -0.633. The van der Waals surface area contributed by atoms with Gasteiger partial charge in [-0.05, 0) is 12.5 Å². The molecule has 1 saturated carbocycles. The Morgan fingerprint density at radius 1 is 1.33 bits per heavy atom. The average molecular weight is 479 g/mol. The van der Waals surface area contributed by atoms with Gasteiger partial charge >= 0.3 is 19.4 Å². The number of nitrogens with one attached hydrogen (secondary N) is 2. The Morgan fingerprint density at radius 2 is 2.09 bits per heavy atom. The normalized spacial score (nSPS) is 35.3. The number of carbonyl (C=O) groups is 1. The summed E-state index contributed by atoms with van der Waals surface area (Å²) in [4.78, 5) is 37.7. The fourth-order valence-corrected chi connectivity index (χ4v) is 6.02. The van der Waals surface area contributed by atoms with Gasteiger partial charge < -0.3 is 14.6 Å². The largest absolute Gasteiger partial charge is 0.460 e. The van der Waals surface area contributed by atoms with E-state index < -0.39 is 61.0 Å². The van der Waals surface area contributed by atoms with Crippen molar-refractivity contribution in [1.29, 1.82) is 0 Å². The molecule has 1 aromatic carbocycles. The minimum Gasteiger partial charge on any atom is -0.460 e. The van der Waals surface area contributed by atoms with Gasteiger partial charge in [0.15, 0.2) is 6.23 Å². The molecule has 1 aromatic heterocycles. The lowest BCUT2D eigenvalue weighted by molar-refractivity contribution is -0.146. The molecule has 12 nitrogen and oxygen atoms in total. The third-order valence-electron chi connectivity index (χ3n) is 6.12. The van der Waals surface area contributed by atoms with E-state index >= 15 is 0 Å². The van der Waals surface area contributed by atoms with Gasteiger partial charge in [0.2, 0.25) is 0 Å². The Balaban J connectivity index is 1.20. The third kappa shape index (κ3) is 3.78. The molecule has 0 radical (unpaired) electrons. The van der Waals surface area contributed by atoms with E-state index in [1.54, 1.807) is 0 Å². The molecule has 3 N–H and O–H groups in total. The lowest BCUT2D eigenvalue weighted by Crippen LogP contribution is -2.43. The average Bonchev–Trinajstić information content (AvgIpc) is 3.31. The number of esters is 1. The summed E-state index contributed by atoms with van der Waals surface area (Å²) in [7, 11) is -3.89. The fraction of sp³-hybridized carbons (Fsp3) is 0.450. The van der Waals surface area contributed by atoms with Crippen LogP contribution >= 0.6 is 7.75 Å². The first kappa shape index (κ1) is 22.2. The lowest BCUT2D eigenvalue weighted by atomic mass is 9.99. The number of aliphatic hydroxyl groups excluding tert-OH is 1. The van der Waals surface area contributed by atoms with E-state index in [1.807, 2.05) is 30.3 Å². The van der Waals surface area contributed by atoms with Gasteiger partial charge in [0.1, 0.15) is 31.0 Å². The number of ether oxygens (including phenoxy) is 2. The number of nitrogens with zero attached hydrogens (tertiary/aromatic N) is 1. The van der Waals surface area contributed by atoms with Crippen molar-refractivity contribution >= 4 is 13.7 Å². The van der Waals surface area contributed by atoms with Crippen molar-refractivity contribution in [1.82, 2.24) is 14.6 Å². The van der Waals surface area contributed by atoms with Gasteiger partial charge in [-0.2, -0.15) is 0 Å². The fourth-order valence-electron chi connectivity index (χ4n) is 4.25. The molecule has 1 unspecified atom stereocenters. The minimum atomic E-state index is -3.89. The molecule has 5 rings (SSSR count). The Kier molecular flexibility index (Phi) is 5.39. The van der Waals surface area contributed by atoms with Crippen LogP contribution in [0.2, 0.25) is 0 Å². The highest BCUT2D eigenvalue weighted by molar-refractivity contribution is 7.51. The van der Waals surface area contributed by atoms with Crippen molar-refractivity contribution in [3.8, 4) is 0 Å². The van der Waals surface area contributed by atoms with E-state index in [-0.39, 0.29) is 13.2 Å². The third-order valence-corrected chi connectivity index (χ3v) is 7.80. The van der Waals surface area contributed by atoms with Crippen LogP contribution in [0, 0.1) is 5.41 Å². The molecule has 3 fully saturated rings. The van der Waals surface area contributed by atoms with Crippen LogP contribution in [0.15, 0.2) is 52.2 Å². The number of aromatic amines is 1. The van der Waals surface area contributed by atoms with Crippen molar-refractivity contribution in [2.45, 2.75) is 44.1 Å². The zero-order valence-electron chi connectivity index (χ0n) is 17.5. The molecule has 33 heavy (non-hydrogen) atoms. The maximum Gasteiger partial charge on any atom is 0.406 e. The molecule has 2 aliphatic heterocycles. The molecular formula is C20H22N3O9P. The van der Waals surface area contributed by atoms with E-state index in [1.165, 1.54) is 13.1 Å². The van der Waals surface area contributed by atoms with Crippen LogP contribution in [0.4, 0.5) is 0 Å². The number of aromatic nitrogens is 2. The second-order valence-electron chi connectivity index (χ2n) is 8.26. The molecule has 0 bridgehead atoms. The number of fused-ring (bicyclic) bond motifs is 1. The molecular weight excluding hydrogens is 457 g/mol. The van der Waals surface area contributed by atoms with Gasteiger partial charge in [-0.25, -0.2) is 14.4 Å². The van der Waals surface area contributed by atoms with E-state index in [0.717, 1.165) is 16.2 Å². The number of hydrogen-bond acceptors (Lipinski definition) is 9. The second kappa shape index (κ2) is 8.01. The molecule has 2 saturated heterocycles. The summed E-state index contributed by atoms with van der Waals surface area (Å²) in [6.07, 6.45) is -2.46. The number of hydrogen-bond donors (Lipinski definition) is 3. The summed E-state index contributed by atoms with van der Waals surface area (Å²) in [6.45, 7) is 1.37. The van der Waals surface area contributed by atoms with E-state index in [4.69, 9.17) is 18.5 Å². The summed E-state index contributed by atoms with van der Waals surface area (Å²) in [5, 5.41) is 13.4. The number of aliphatic hydroxyl groups is 1. The van der Waals surface area contributed by atoms with Crippen molar-refractivity contribution in [3.05, 3.63) is 69.0 Å². The first-order chi connectivity index (χ1) is 15.7. The lowest BCUT2D eigenvalue weighted by Gasteiger charge is -2.33. The summed E-state index contributed by atoms with van der Waals surface area (Å²) >= 11 is 0. The highest BCUT2D eigenvalue weighted by Crippen LogP contribution is 2.70. The monoisotopic (exact) mass is 479 g/mol. The van der Waals surface area contributed by atoms with E-state index in [9.17, 15) is 24.1 Å². The standard InChI is InChI=1S/C20H22N3O9P/c1-11(18(26)29-9-12-5-3-2-4-6-12)22-33(28)30-10-20-14(25)17(31-15(20)16(20)32-33)23-8-7-13(24)21-19(23)27/h2-8,11,14-17,25H,9-10H2,1H3,(H,22,28)(H,21,24,27)/t11-,14-,15+,16?,17+,20+,33-/m0/s1. The Morgan fingerprint density at radius 3 is 2.82 bits per heavy atom. The highest BCUT2D eigenvalue weighted by atomic mass is 31.2. The van der Waals surface area contributed by atoms with Gasteiger partial charge in [-0.1, -0.05) is 30.3 Å². The number of benzene rings is 1. The smallest absolute Gasteiger partial charge is 0.406 e. The number of H-pyrrole nitrogens is 1. The highest BCUT2D eigenvalue weighted by Gasteiger charge is 2.81. The van der Waals surface area contributed by atoms with Crippen molar-refractivity contribution in [2.24, 2.45) is 5.41 Å². The van der Waals surface area contributed by atoms with Gasteiger partial charge in [0.25, 0.3) is 5.56 Å². The van der Waals surface area contributed by atoms with Crippen LogP contribution in [-0.2, 0) is 34.5 Å². The van der Waals surface area contributed by atoms with Gasteiger partial charge in [-0.15, -0.1) is 0 Å². The molecule has 0 amide bonds. The zero-order valence-corrected chi connectivity index (χ0v) is 18.3. The van der Waals surface area contributed by atoms with Gasteiger partial charge in [-0.3, -0.25) is 28.2 Å². The van der Waals surface area contributed by atoms with Crippen molar-refractivity contribution < 1.29 is 33.0 Å². The minimum absolute atomic E-state index is 0.0665. The molecule has 1 spiro atoms. The number of rotatable bonds is 6. The predicted octanol–water partition coefficient (Wildman–Crippen LogP) is 0.0399. The Bertz CT molecular complexity index is 1230.